The van der Waals surface area contributed by atoms with Crippen molar-refractivity contribution in [2.24, 2.45) is 0 Å². The van der Waals surface area contributed by atoms with Crippen molar-refractivity contribution < 1.29 is 14.4 Å². The van der Waals surface area contributed by atoms with Crippen LogP contribution in [-0.2, 0) is 16.2 Å². The summed E-state index contributed by atoms with van der Waals surface area (Å²) in [7, 11) is 1.65. The molecule has 0 saturated heterocycles. The van der Waals surface area contributed by atoms with E-state index in [0.717, 1.165) is 39.0 Å². The first kappa shape index (κ1) is 22.4. The van der Waals surface area contributed by atoms with Crippen molar-refractivity contribution in [3.63, 3.8) is 0 Å². The van der Waals surface area contributed by atoms with Gasteiger partial charge < -0.3 is 9.72 Å². The fourth-order valence-electron chi connectivity index (χ4n) is 4.02. The first-order valence-corrected chi connectivity index (χ1v) is 10.9. The quantitative estimate of drug-likeness (QED) is 0.266. The van der Waals surface area contributed by atoms with Crippen molar-refractivity contribution in [1.29, 1.82) is 0 Å². The lowest BCUT2D eigenvalue weighted by atomic mass is 9.95. The number of rotatable bonds is 8. The minimum atomic E-state index is -0.486. The SMILES string of the molecule is C=C(C)C(=O)N(OCc1ccccc1)C(c1ccccc1)c1c(C)[nH]c2ccc(OC)cc12. The number of carbonyl (C=O) groups is 1. The Morgan fingerprint density at radius 2 is 1.70 bits per heavy atom. The second-order valence-electron chi connectivity index (χ2n) is 8.06. The second kappa shape index (κ2) is 9.76. The van der Waals surface area contributed by atoms with Crippen LogP contribution in [0.1, 0.15) is 35.3 Å². The number of nitrogens with one attached hydrogen (secondary N) is 1. The predicted molar refractivity (Wildman–Crippen MR) is 131 cm³/mol. The van der Waals surface area contributed by atoms with Crippen LogP contribution in [0.25, 0.3) is 10.9 Å². The molecule has 5 nitrogen and oxygen atoms in total. The first-order valence-electron chi connectivity index (χ1n) is 10.9. The molecule has 0 aliphatic carbocycles. The Kier molecular flexibility index (Phi) is 6.61. The lowest BCUT2D eigenvalue weighted by Gasteiger charge is -2.32. The smallest absolute Gasteiger partial charge is 0.273 e. The normalized spacial score (nSPS) is 11.8. The van der Waals surface area contributed by atoms with E-state index in [2.05, 4.69) is 11.6 Å². The molecular weight excluding hydrogens is 412 g/mol. The van der Waals surface area contributed by atoms with Gasteiger partial charge in [0.1, 0.15) is 18.4 Å². The number of benzene rings is 3. The summed E-state index contributed by atoms with van der Waals surface area (Å²) in [4.78, 5) is 23.1. The molecule has 0 bridgehead atoms. The number of aromatic nitrogens is 1. The molecule has 0 spiro atoms. The molecule has 168 valence electrons. The summed E-state index contributed by atoms with van der Waals surface area (Å²) in [5, 5.41) is 2.43. The molecule has 1 unspecified atom stereocenters. The van der Waals surface area contributed by atoms with E-state index in [1.165, 1.54) is 5.06 Å². The number of amides is 1. The number of methoxy groups -OCH3 is 1. The minimum absolute atomic E-state index is 0.258. The average Bonchev–Trinajstić information content (AvgIpc) is 3.17. The van der Waals surface area contributed by atoms with E-state index in [9.17, 15) is 4.79 Å². The highest BCUT2D eigenvalue weighted by molar-refractivity contribution is 5.93. The Morgan fingerprint density at radius 1 is 1.03 bits per heavy atom. The van der Waals surface area contributed by atoms with Crippen molar-refractivity contribution in [1.82, 2.24) is 10.0 Å². The highest BCUT2D eigenvalue weighted by Gasteiger charge is 2.32. The van der Waals surface area contributed by atoms with Crippen LogP contribution in [0.2, 0.25) is 0 Å². The fraction of sp³-hybridized carbons (Fsp3) is 0.179. The average molecular weight is 441 g/mol. The molecule has 0 aliphatic heterocycles. The van der Waals surface area contributed by atoms with Crippen LogP contribution in [0.3, 0.4) is 0 Å². The summed E-state index contributed by atoms with van der Waals surface area (Å²) >= 11 is 0. The molecule has 1 N–H and O–H groups in total. The standard InChI is InChI=1S/C28H28N2O3/c1-19(2)28(31)30(33-18-21-11-7-5-8-12-21)27(22-13-9-6-10-14-22)26-20(3)29-25-16-15-23(32-4)17-24(25)26/h5-17,27,29H,1,18H2,2-4H3. The first-order chi connectivity index (χ1) is 16.0. The zero-order valence-corrected chi connectivity index (χ0v) is 19.2. The summed E-state index contributed by atoms with van der Waals surface area (Å²) in [5.41, 5.74) is 5.19. The molecule has 4 aromatic rings. The van der Waals surface area contributed by atoms with Crippen LogP contribution in [0.15, 0.2) is 91.0 Å². The number of ether oxygens (including phenoxy) is 1. The van der Waals surface area contributed by atoms with Gasteiger partial charge in [0.15, 0.2) is 0 Å². The summed E-state index contributed by atoms with van der Waals surface area (Å²) in [6, 6.07) is 25.1. The number of aryl methyl sites for hydroxylation is 1. The topological polar surface area (TPSA) is 54.6 Å². The maximum atomic E-state index is 13.4. The van der Waals surface area contributed by atoms with E-state index in [1.807, 2.05) is 85.8 Å². The number of fused-ring (bicyclic) bond motifs is 1. The zero-order chi connectivity index (χ0) is 23.4. The Hall–Kier alpha value is -3.83. The molecular formula is C28H28N2O3. The molecule has 0 aliphatic rings. The molecule has 3 aromatic carbocycles. The Morgan fingerprint density at radius 3 is 2.33 bits per heavy atom. The number of hydrogen-bond donors (Lipinski definition) is 1. The van der Waals surface area contributed by atoms with Crippen molar-refractivity contribution >= 4 is 16.8 Å². The largest absolute Gasteiger partial charge is 0.497 e. The van der Waals surface area contributed by atoms with Gasteiger partial charge in [-0.3, -0.25) is 9.63 Å². The van der Waals surface area contributed by atoms with Crippen LogP contribution in [0.4, 0.5) is 0 Å². The number of hydrogen-bond acceptors (Lipinski definition) is 3. The van der Waals surface area contributed by atoms with Crippen molar-refractivity contribution in [3.8, 4) is 5.75 Å². The number of nitrogens with zero attached hydrogens (tertiary/aromatic N) is 1. The Bertz CT molecular complexity index is 1260. The van der Waals surface area contributed by atoms with Gasteiger partial charge in [-0.15, -0.1) is 0 Å². The molecule has 33 heavy (non-hydrogen) atoms. The monoisotopic (exact) mass is 440 g/mol. The van der Waals surface area contributed by atoms with E-state index in [-0.39, 0.29) is 12.5 Å². The van der Waals surface area contributed by atoms with Crippen LogP contribution in [-0.4, -0.2) is 23.1 Å². The zero-order valence-electron chi connectivity index (χ0n) is 19.2. The summed E-state index contributed by atoms with van der Waals surface area (Å²) in [5.74, 6) is 0.481. The Labute approximate surface area is 194 Å². The summed E-state index contributed by atoms with van der Waals surface area (Å²) in [6.07, 6.45) is 0. The van der Waals surface area contributed by atoms with Gasteiger partial charge in [0, 0.05) is 27.7 Å². The van der Waals surface area contributed by atoms with E-state index < -0.39 is 6.04 Å². The van der Waals surface area contributed by atoms with Crippen LogP contribution in [0, 0.1) is 6.92 Å². The number of carbonyl (C=O) groups excluding carboxylic acids is 1. The third-order valence-electron chi connectivity index (χ3n) is 5.64. The highest BCUT2D eigenvalue weighted by atomic mass is 16.7. The van der Waals surface area contributed by atoms with Crippen molar-refractivity contribution in [3.05, 3.63) is 113 Å². The highest BCUT2D eigenvalue weighted by Crippen LogP contribution is 2.38. The van der Waals surface area contributed by atoms with Crippen LogP contribution >= 0.6 is 0 Å². The lowest BCUT2D eigenvalue weighted by Crippen LogP contribution is -2.36. The maximum absolute atomic E-state index is 13.4. The van der Waals surface area contributed by atoms with Gasteiger partial charge in [0.25, 0.3) is 5.91 Å². The fourth-order valence-corrected chi connectivity index (χ4v) is 4.02. The maximum Gasteiger partial charge on any atom is 0.273 e. The molecule has 0 fully saturated rings. The van der Waals surface area contributed by atoms with Gasteiger partial charge >= 0.3 is 0 Å². The minimum Gasteiger partial charge on any atom is -0.497 e. The number of H-pyrrole nitrogens is 1. The summed E-state index contributed by atoms with van der Waals surface area (Å²) < 4.78 is 5.48. The second-order valence-corrected chi connectivity index (χ2v) is 8.06. The van der Waals surface area contributed by atoms with Crippen LogP contribution in [0.5, 0.6) is 5.75 Å². The molecule has 1 atom stereocenters. The molecule has 0 saturated carbocycles. The van der Waals surface area contributed by atoms with Crippen molar-refractivity contribution in [2.45, 2.75) is 26.5 Å². The molecule has 0 radical (unpaired) electrons. The molecule has 5 heteroatoms. The Balaban J connectivity index is 1.88. The molecule has 1 heterocycles. The van der Waals surface area contributed by atoms with E-state index in [0.29, 0.717) is 5.57 Å². The number of hydroxylamine groups is 2. The number of aromatic amines is 1. The molecule has 4 rings (SSSR count). The summed E-state index contributed by atoms with van der Waals surface area (Å²) in [6.45, 7) is 7.87. The van der Waals surface area contributed by atoms with Gasteiger partial charge in [-0.25, -0.2) is 5.06 Å². The van der Waals surface area contributed by atoms with E-state index >= 15 is 0 Å². The third kappa shape index (κ3) is 4.69. The lowest BCUT2D eigenvalue weighted by molar-refractivity contribution is -0.198. The van der Waals surface area contributed by atoms with Gasteiger partial charge in [-0.05, 0) is 43.2 Å². The van der Waals surface area contributed by atoms with E-state index in [1.54, 1.807) is 14.0 Å². The van der Waals surface area contributed by atoms with Gasteiger partial charge in [0.05, 0.1) is 7.11 Å². The van der Waals surface area contributed by atoms with Gasteiger partial charge in [0.2, 0.25) is 0 Å². The van der Waals surface area contributed by atoms with Gasteiger partial charge in [-0.1, -0.05) is 67.2 Å². The van der Waals surface area contributed by atoms with Gasteiger partial charge in [-0.2, -0.15) is 0 Å². The molecule has 1 amide bonds. The molecule has 1 aromatic heterocycles. The third-order valence-corrected chi connectivity index (χ3v) is 5.64. The van der Waals surface area contributed by atoms with Crippen molar-refractivity contribution in [2.75, 3.05) is 7.11 Å². The predicted octanol–water partition coefficient (Wildman–Crippen LogP) is 6.11. The van der Waals surface area contributed by atoms with Crippen LogP contribution < -0.4 is 4.74 Å². The van der Waals surface area contributed by atoms with E-state index in [4.69, 9.17) is 9.57 Å².